The quantitative estimate of drug-likeness (QED) is 0.0395. The van der Waals surface area contributed by atoms with E-state index in [1.807, 2.05) is 230 Å². The summed E-state index contributed by atoms with van der Waals surface area (Å²) in [5.74, 6) is 8.08. The Hall–Kier alpha value is -11.3. The largest absolute Gasteiger partial charge is 0.455 e. The van der Waals surface area contributed by atoms with Crippen LogP contribution in [0.3, 0.4) is 0 Å². The van der Waals surface area contributed by atoms with Crippen molar-refractivity contribution in [2.75, 3.05) is 44.4 Å². The van der Waals surface area contributed by atoms with Crippen LogP contribution in [0.1, 0.15) is 20.3 Å². The third-order valence-electron chi connectivity index (χ3n) is 19.5. The van der Waals surface area contributed by atoms with Crippen LogP contribution in [0.2, 0.25) is 0 Å². The lowest BCUT2D eigenvalue weighted by Gasteiger charge is -2.51. The number of halogens is 4. The number of ether oxygens (including phenoxy) is 6. The van der Waals surface area contributed by atoms with Gasteiger partial charge in [0.05, 0.1) is 51.1 Å². The van der Waals surface area contributed by atoms with Crippen LogP contribution < -0.4 is 71.4 Å². The Kier molecular flexibility index (Phi) is 29.9. The molecule has 0 amide bonds. The summed E-state index contributed by atoms with van der Waals surface area (Å²) in [5, 5.41) is 9.53. The molecule has 1 saturated heterocycles. The molecule has 9 N–H and O–H groups in total. The highest BCUT2D eigenvalue weighted by atomic mass is 127. The standard InChI is InChI=1S/C36H26Br2N2O2S.C36H24N2O2SSi.C12H8BrIO.C12H12N2S.C4H8O.CH4.H3N/c37-25-13-1-7-19-31(25)41-33-21-9-3-15-27(33)39-29-17-5-11-23-35(29)43-36-24-12-6-18-30(36)40-28-16-4-10-22-34(28)42-32-20-8-2-14-26(32)38;1-5-17-29-25(13-1)37-27-15-3-9-21-33(27)41-34-22-10-4-16-28(34)38-26-14-2-6-18-30(26)40-32-20-8-12-24-36(32)42(37,38)35-23-11-7-19-31(35)39-29;2*13-9-5-1-3-7-11(9)15-12-8-4-2-6-10(12)14;1-2-4-5-3-1;;/h1-24,39-40H;1-24H;1-8H;1-8H,13-14H2;1-4H2;1H4;1H3. The maximum atomic E-state index is 6.89. The van der Waals surface area contributed by atoms with Crippen molar-refractivity contribution in [3.8, 4) is 57.5 Å². The van der Waals surface area contributed by atoms with Crippen LogP contribution in [-0.2, 0) is 4.74 Å². The molecule has 122 heavy (non-hydrogen) atoms. The highest BCUT2D eigenvalue weighted by molar-refractivity contribution is 14.1. The number of hydrogen-bond donors (Lipinski definition) is 5. The van der Waals surface area contributed by atoms with Gasteiger partial charge in [-0.15, -0.1) is 0 Å². The van der Waals surface area contributed by atoms with Crippen LogP contribution in [0.5, 0.6) is 57.5 Å². The average Bonchev–Trinajstić information content (AvgIpc) is 1.39. The number of rotatable bonds is 14. The van der Waals surface area contributed by atoms with E-state index in [9.17, 15) is 0 Å². The summed E-state index contributed by atoms with van der Waals surface area (Å²) in [5.41, 5.74) is 21.3. The molecule has 4 heterocycles. The van der Waals surface area contributed by atoms with E-state index in [0.717, 1.165) is 175 Å². The van der Waals surface area contributed by atoms with Crippen LogP contribution in [0, 0.1) is 3.57 Å². The summed E-state index contributed by atoms with van der Waals surface area (Å²) < 4.78 is 46.1. The number of nitrogens with zero attached hydrogens (tertiary/aromatic N) is 2. The Balaban J connectivity index is 0.000000142. The smallest absolute Gasteiger partial charge is 0.348 e. The van der Waals surface area contributed by atoms with Crippen LogP contribution in [0.15, 0.2) is 431 Å². The molecule has 0 saturated carbocycles. The first-order valence-electron chi connectivity index (χ1n) is 38.8. The van der Waals surface area contributed by atoms with Crippen molar-refractivity contribution in [2.45, 2.75) is 49.6 Å². The third kappa shape index (κ3) is 20.2. The van der Waals surface area contributed by atoms with Crippen LogP contribution in [0.25, 0.3) is 0 Å². The van der Waals surface area contributed by atoms with Gasteiger partial charge in [0.2, 0.25) is 0 Å². The van der Waals surface area contributed by atoms with Gasteiger partial charge in [-0.2, -0.15) is 0 Å². The molecule has 0 atom stereocenters. The molecule has 0 unspecified atom stereocenters. The number of benzene rings is 16. The molecule has 13 nitrogen and oxygen atoms in total. The van der Waals surface area contributed by atoms with Gasteiger partial charge in [0.1, 0.15) is 46.0 Å². The van der Waals surface area contributed by atoms with Crippen molar-refractivity contribution in [1.29, 1.82) is 0 Å². The number of nitrogen functional groups attached to an aromatic ring is 2. The zero-order chi connectivity index (χ0) is 82.0. The molecule has 4 aliphatic rings. The normalized spacial score (nSPS) is 12.4. The van der Waals surface area contributed by atoms with E-state index in [2.05, 4.69) is 260 Å². The molecule has 0 aromatic heterocycles. The second kappa shape index (κ2) is 42.0. The van der Waals surface area contributed by atoms with E-state index in [1.54, 1.807) is 23.5 Å². The molecule has 16 aromatic rings. The predicted octanol–water partition coefficient (Wildman–Crippen LogP) is 30.5. The predicted molar refractivity (Wildman–Crippen MR) is 528 cm³/mol. The lowest BCUT2D eigenvalue weighted by Crippen LogP contribution is -2.78. The van der Waals surface area contributed by atoms with Gasteiger partial charge in [0.15, 0.2) is 11.5 Å². The number of hydrogen-bond acceptors (Lipinski definition) is 16. The second-order valence-corrected chi connectivity index (χ2v) is 37.7. The van der Waals surface area contributed by atoms with Gasteiger partial charge in [-0.05, 0) is 265 Å². The molecule has 0 aliphatic carbocycles. The minimum absolute atomic E-state index is 0. The second-order valence-electron chi connectivity index (χ2n) is 27.4. The van der Waals surface area contributed by atoms with Gasteiger partial charge in [-0.25, -0.2) is 0 Å². The summed E-state index contributed by atoms with van der Waals surface area (Å²) in [6, 6.07) is 131. The van der Waals surface area contributed by atoms with E-state index in [0.29, 0.717) is 0 Å². The molecule has 1 spiro atoms. The minimum Gasteiger partial charge on any atom is -0.455 e. The third-order valence-corrected chi connectivity index (χ3v) is 30.4. The molecular weight excluding hydrogens is 1900 g/mol. The summed E-state index contributed by atoms with van der Waals surface area (Å²) in [7, 11) is -3.34. The fraction of sp³-hybridized carbons (Fsp3) is 0.0495. The Bertz CT molecular complexity index is 5810. The monoisotopic (exact) mass is 1980 g/mol. The number of nitrogens with two attached hydrogens (primary N) is 2. The van der Waals surface area contributed by atoms with E-state index >= 15 is 0 Å². The average molecular weight is 1980 g/mol. The fourth-order valence-electron chi connectivity index (χ4n) is 13.9. The molecule has 20 rings (SSSR count). The van der Waals surface area contributed by atoms with Crippen molar-refractivity contribution >= 4 is 181 Å². The van der Waals surface area contributed by atoms with Crippen molar-refractivity contribution < 1.29 is 28.4 Å². The summed E-state index contributed by atoms with van der Waals surface area (Å²) in [4.78, 5) is 6.62. The van der Waals surface area contributed by atoms with Gasteiger partial charge in [0, 0.05) is 75.7 Å². The molecular formula is C101H85Br3IN7O6S3Si. The first-order chi connectivity index (χ1) is 59.0. The Labute approximate surface area is 765 Å². The fourth-order valence-corrected chi connectivity index (χ4v) is 23.9. The molecule has 16 aromatic carbocycles. The van der Waals surface area contributed by atoms with Gasteiger partial charge in [0.25, 0.3) is 0 Å². The molecule has 0 bridgehead atoms. The van der Waals surface area contributed by atoms with Gasteiger partial charge >= 0.3 is 8.40 Å². The van der Waals surface area contributed by atoms with Crippen molar-refractivity contribution in [3.05, 3.63) is 405 Å². The van der Waals surface area contributed by atoms with Gasteiger partial charge < -0.3 is 65.8 Å². The van der Waals surface area contributed by atoms with E-state index in [-0.39, 0.29) is 13.6 Å². The maximum absolute atomic E-state index is 6.89. The summed E-state index contributed by atoms with van der Waals surface area (Å²) in [6.45, 7) is 2.00. The lowest BCUT2D eigenvalue weighted by molar-refractivity contribution is 0.198. The number of para-hydroxylation sites is 20. The lowest BCUT2D eigenvalue weighted by atomic mass is 10.2. The molecule has 21 heteroatoms. The molecule has 610 valence electrons. The van der Waals surface area contributed by atoms with Crippen LogP contribution in [0.4, 0.5) is 56.9 Å². The Morgan fingerprint density at radius 3 is 1.03 bits per heavy atom. The van der Waals surface area contributed by atoms with Gasteiger partial charge in [-0.3, -0.25) is 0 Å². The Morgan fingerprint density at radius 2 is 0.631 bits per heavy atom. The zero-order valence-corrected chi connectivity index (χ0v) is 75.6. The van der Waals surface area contributed by atoms with E-state index < -0.39 is 8.40 Å². The van der Waals surface area contributed by atoms with Gasteiger partial charge in [-0.1, -0.05) is 249 Å². The van der Waals surface area contributed by atoms with Crippen LogP contribution in [-0.4, -0.2) is 21.6 Å². The summed E-state index contributed by atoms with van der Waals surface area (Å²) >= 11 is 18.0. The first kappa shape index (κ1) is 87.0. The van der Waals surface area contributed by atoms with E-state index in [4.69, 9.17) is 39.9 Å². The molecule has 1 fully saturated rings. The molecule has 0 radical (unpaired) electrons. The van der Waals surface area contributed by atoms with Crippen LogP contribution >= 0.6 is 106 Å². The number of nitrogens with one attached hydrogen (secondary N) is 2. The number of anilines is 10. The molecule has 4 aliphatic heterocycles. The van der Waals surface area contributed by atoms with Crippen molar-refractivity contribution in [3.63, 3.8) is 0 Å². The first-order valence-corrected chi connectivity index (χ1v) is 46.6. The summed E-state index contributed by atoms with van der Waals surface area (Å²) in [6.07, 6.45) is 2.56. The van der Waals surface area contributed by atoms with E-state index in [1.165, 1.54) is 22.6 Å². The van der Waals surface area contributed by atoms with Crippen molar-refractivity contribution in [1.82, 2.24) is 6.15 Å². The maximum Gasteiger partial charge on any atom is 0.348 e. The number of fused-ring (bicyclic) bond motifs is 10. The topological polar surface area (TPSA) is 173 Å². The Morgan fingerprint density at radius 1 is 0.328 bits per heavy atom. The zero-order valence-electron chi connectivity index (χ0n) is 65.2. The highest BCUT2D eigenvalue weighted by Crippen LogP contribution is 2.57. The SMILES string of the molecule is Brc1ccccc1Oc1ccccc1I.Brc1ccccc1Oc1ccccc1Nc1ccccc1Sc1ccccc1Nc1ccccc1Oc1ccccc1Br.C.C1CCOC1.N.Nc1ccccc1Sc1ccccc1N.c1ccc2c(c1)Oc1ccccc1[Si]13c4ccccc4Oc4ccccc4N1c1ccccc1Sc1ccccc1N23. The highest BCUT2D eigenvalue weighted by Gasteiger charge is 2.60. The van der Waals surface area contributed by atoms with Crippen molar-refractivity contribution in [2.24, 2.45) is 0 Å². The minimum atomic E-state index is -3.34.